The second kappa shape index (κ2) is 5.98. The summed E-state index contributed by atoms with van der Waals surface area (Å²) in [5, 5.41) is 3.14. The van der Waals surface area contributed by atoms with Crippen LogP contribution in [-0.2, 0) is 16.6 Å². The zero-order valence-corrected chi connectivity index (χ0v) is 13.7. The summed E-state index contributed by atoms with van der Waals surface area (Å²) in [5.41, 5.74) is 1.31. The molecule has 3 rings (SSSR count). The second-order valence-corrected chi connectivity index (χ2v) is 5.80. The van der Waals surface area contributed by atoms with Gasteiger partial charge in [-0.05, 0) is 54.7 Å². The molecule has 5 nitrogen and oxygen atoms in total. The number of nitrogens with zero attached hydrogens (tertiary/aromatic N) is 2. The van der Waals surface area contributed by atoms with E-state index in [1.165, 1.54) is 4.90 Å². The van der Waals surface area contributed by atoms with Crippen molar-refractivity contribution < 1.29 is 9.59 Å². The fraction of sp³-hybridized carbons (Fsp3) is 0.0625. The summed E-state index contributed by atoms with van der Waals surface area (Å²) in [7, 11) is 1.83. The third-order valence-electron chi connectivity index (χ3n) is 3.46. The van der Waals surface area contributed by atoms with E-state index < -0.39 is 11.8 Å². The number of aromatic nitrogens is 1. The number of carbonyl (C=O) groups is 2. The number of benzene rings is 1. The highest BCUT2D eigenvalue weighted by Crippen LogP contribution is 2.23. The molecule has 1 aromatic heterocycles. The first-order valence-corrected chi connectivity index (χ1v) is 7.54. The highest BCUT2D eigenvalue weighted by molar-refractivity contribution is 7.80. The zero-order chi connectivity index (χ0) is 16.6. The predicted octanol–water partition coefficient (Wildman–Crippen LogP) is 2.51. The zero-order valence-electron chi connectivity index (χ0n) is 12.1. The lowest BCUT2D eigenvalue weighted by atomic mass is 10.1. The van der Waals surface area contributed by atoms with Gasteiger partial charge in [0.1, 0.15) is 5.57 Å². The lowest BCUT2D eigenvalue weighted by molar-refractivity contribution is -0.122. The van der Waals surface area contributed by atoms with E-state index in [1.807, 2.05) is 29.9 Å². The molecular formula is C16H12ClN3O2S. The fourth-order valence-corrected chi connectivity index (χ4v) is 2.66. The van der Waals surface area contributed by atoms with Gasteiger partial charge in [0.25, 0.3) is 11.8 Å². The van der Waals surface area contributed by atoms with Gasteiger partial charge in [0, 0.05) is 24.0 Å². The Morgan fingerprint density at radius 1 is 1.17 bits per heavy atom. The van der Waals surface area contributed by atoms with Crippen LogP contribution in [0.3, 0.4) is 0 Å². The minimum atomic E-state index is -0.508. The van der Waals surface area contributed by atoms with Crippen molar-refractivity contribution in [3.8, 4) is 0 Å². The summed E-state index contributed by atoms with van der Waals surface area (Å²) in [4.78, 5) is 26.2. The molecule has 0 spiro atoms. The molecule has 1 saturated heterocycles. The van der Waals surface area contributed by atoms with Crippen LogP contribution < -0.4 is 10.2 Å². The lowest BCUT2D eigenvalue weighted by Crippen LogP contribution is -2.54. The molecule has 2 amide bonds. The van der Waals surface area contributed by atoms with Crippen LogP contribution in [0, 0.1) is 0 Å². The van der Waals surface area contributed by atoms with E-state index in [9.17, 15) is 9.59 Å². The Kier molecular flexibility index (Phi) is 4.02. The normalized spacial score (nSPS) is 16.9. The molecule has 0 bridgehead atoms. The first kappa shape index (κ1) is 15.5. The van der Waals surface area contributed by atoms with Gasteiger partial charge in [0.15, 0.2) is 5.11 Å². The van der Waals surface area contributed by atoms with E-state index in [1.54, 1.807) is 30.3 Å². The van der Waals surface area contributed by atoms with Crippen LogP contribution in [-0.4, -0.2) is 21.5 Å². The standard InChI is InChI=1S/C16H12ClN3O2S/c1-19-8-2-3-12(19)9-13-14(21)18-16(23)20(15(13)22)11-6-4-10(17)5-7-11/h2-9H,1H3,(H,18,21,23)/b13-9-. The van der Waals surface area contributed by atoms with Gasteiger partial charge in [-0.2, -0.15) is 0 Å². The summed E-state index contributed by atoms with van der Waals surface area (Å²) in [6, 6.07) is 10.3. The number of rotatable bonds is 2. The molecule has 0 unspecified atom stereocenters. The smallest absolute Gasteiger partial charge is 0.270 e. The van der Waals surface area contributed by atoms with Gasteiger partial charge < -0.3 is 4.57 Å². The third-order valence-corrected chi connectivity index (χ3v) is 4.00. The van der Waals surface area contributed by atoms with Crippen LogP contribution in [0.1, 0.15) is 5.69 Å². The molecule has 0 saturated carbocycles. The van der Waals surface area contributed by atoms with E-state index in [0.29, 0.717) is 10.7 Å². The maximum Gasteiger partial charge on any atom is 0.270 e. The van der Waals surface area contributed by atoms with Crippen LogP contribution in [0.15, 0.2) is 48.2 Å². The van der Waals surface area contributed by atoms with Crippen molar-refractivity contribution in [2.45, 2.75) is 0 Å². The highest BCUT2D eigenvalue weighted by Gasteiger charge is 2.34. The molecule has 0 radical (unpaired) electrons. The molecule has 0 aliphatic carbocycles. The summed E-state index contributed by atoms with van der Waals surface area (Å²) >= 11 is 11.0. The number of aryl methyl sites for hydroxylation is 1. The first-order chi connectivity index (χ1) is 11.0. The number of thiocarbonyl (C=S) groups is 1. The number of halogens is 1. The van der Waals surface area contributed by atoms with Gasteiger partial charge in [-0.1, -0.05) is 11.6 Å². The van der Waals surface area contributed by atoms with Crippen molar-refractivity contribution >= 4 is 52.5 Å². The molecule has 1 aliphatic rings. The molecule has 1 aromatic carbocycles. The molecule has 23 heavy (non-hydrogen) atoms. The van der Waals surface area contributed by atoms with Gasteiger partial charge in [0.05, 0.1) is 5.69 Å². The molecule has 2 heterocycles. The van der Waals surface area contributed by atoms with Crippen molar-refractivity contribution in [2.75, 3.05) is 4.90 Å². The predicted molar refractivity (Wildman–Crippen MR) is 93.1 cm³/mol. The van der Waals surface area contributed by atoms with Gasteiger partial charge in [-0.3, -0.25) is 19.8 Å². The molecule has 1 aliphatic heterocycles. The van der Waals surface area contributed by atoms with E-state index in [0.717, 1.165) is 5.69 Å². The van der Waals surface area contributed by atoms with Crippen molar-refractivity contribution in [3.63, 3.8) is 0 Å². The lowest BCUT2D eigenvalue weighted by Gasteiger charge is -2.28. The van der Waals surface area contributed by atoms with Crippen molar-refractivity contribution in [1.29, 1.82) is 0 Å². The van der Waals surface area contributed by atoms with Crippen LogP contribution in [0.5, 0.6) is 0 Å². The van der Waals surface area contributed by atoms with E-state index >= 15 is 0 Å². The van der Waals surface area contributed by atoms with Crippen LogP contribution in [0.25, 0.3) is 6.08 Å². The average molecular weight is 346 g/mol. The summed E-state index contributed by atoms with van der Waals surface area (Å²) < 4.78 is 1.81. The summed E-state index contributed by atoms with van der Waals surface area (Å²) in [6.45, 7) is 0. The Labute approximate surface area is 143 Å². The third kappa shape index (κ3) is 2.91. The van der Waals surface area contributed by atoms with Gasteiger partial charge >= 0.3 is 0 Å². The van der Waals surface area contributed by atoms with E-state index in [4.69, 9.17) is 23.8 Å². The molecule has 0 atom stereocenters. The van der Waals surface area contributed by atoms with Crippen molar-refractivity contribution in [1.82, 2.24) is 9.88 Å². The molecular weight excluding hydrogens is 334 g/mol. The molecule has 1 fully saturated rings. The summed E-state index contributed by atoms with van der Waals surface area (Å²) in [5.74, 6) is -0.978. The number of hydrogen-bond acceptors (Lipinski definition) is 3. The van der Waals surface area contributed by atoms with Crippen LogP contribution in [0.2, 0.25) is 5.02 Å². The summed E-state index contributed by atoms with van der Waals surface area (Å²) in [6.07, 6.45) is 3.38. The Hall–Kier alpha value is -2.44. The number of carbonyl (C=O) groups excluding carboxylic acids is 2. The fourth-order valence-electron chi connectivity index (χ4n) is 2.25. The van der Waals surface area contributed by atoms with Crippen molar-refractivity contribution in [3.05, 3.63) is 58.9 Å². The molecule has 116 valence electrons. The molecule has 1 N–H and O–H groups in total. The largest absolute Gasteiger partial charge is 0.351 e. The van der Waals surface area contributed by atoms with E-state index in [2.05, 4.69) is 5.32 Å². The quantitative estimate of drug-likeness (QED) is 0.517. The maximum atomic E-state index is 12.7. The number of hydrogen-bond donors (Lipinski definition) is 1. The van der Waals surface area contributed by atoms with Crippen molar-refractivity contribution in [2.24, 2.45) is 7.05 Å². The van der Waals surface area contributed by atoms with Gasteiger partial charge in [-0.15, -0.1) is 0 Å². The second-order valence-electron chi connectivity index (χ2n) is 4.98. The van der Waals surface area contributed by atoms with Gasteiger partial charge in [0.2, 0.25) is 0 Å². The number of anilines is 1. The topological polar surface area (TPSA) is 54.3 Å². The molecule has 7 heteroatoms. The first-order valence-electron chi connectivity index (χ1n) is 6.76. The van der Waals surface area contributed by atoms with Crippen LogP contribution in [0.4, 0.5) is 5.69 Å². The maximum absolute atomic E-state index is 12.7. The average Bonchev–Trinajstić information content (AvgIpc) is 2.90. The van der Waals surface area contributed by atoms with E-state index in [-0.39, 0.29) is 10.7 Å². The monoisotopic (exact) mass is 345 g/mol. The Morgan fingerprint density at radius 3 is 2.48 bits per heavy atom. The van der Waals surface area contributed by atoms with Gasteiger partial charge in [-0.25, -0.2) is 0 Å². The minimum Gasteiger partial charge on any atom is -0.351 e. The SMILES string of the molecule is Cn1cccc1/C=C1/C(=O)NC(=S)N(c2ccc(Cl)cc2)C1=O. The number of amides is 2. The Morgan fingerprint density at radius 2 is 1.87 bits per heavy atom. The Balaban J connectivity index is 2.02. The number of nitrogens with one attached hydrogen (secondary N) is 1. The Bertz CT molecular complexity index is 839. The molecule has 2 aromatic rings. The minimum absolute atomic E-state index is 0.0235. The van der Waals surface area contributed by atoms with Crippen LogP contribution >= 0.6 is 23.8 Å². The highest BCUT2D eigenvalue weighted by atomic mass is 35.5.